The van der Waals surface area contributed by atoms with E-state index in [4.69, 9.17) is 9.47 Å². The zero-order chi connectivity index (χ0) is 14.3. The molecular weight excluding hydrogens is 242 g/mol. The van der Waals surface area contributed by atoms with Crippen LogP contribution in [0.3, 0.4) is 0 Å². The molecule has 0 saturated carbocycles. The molecule has 0 fully saturated rings. The Morgan fingerprint density at radius 1 is 1.37 bits per heavy atom. The minimum atomic E-state index is -0.206. The molecule has 1 rings (SSSR count). The molecule has 0 aromatic heterocycles. The molecule has 0 aliphatic heterocycles. The third kappa shape index (κ3) is 4.56. The molecule has 0 heterocycles. The highest BCUT2D eigenvalue weighted by Gasteiger charge is 2.16. The van der Waals surface area contributed by atoms with Gasteiger partial charge in [0.05, 0.1) is 20.6 Å². The third-order valence-corrected chi connectivity index (χ3v) is 3.06. The van der Waals surface area contributed by atoms with Gasteiger partial charge < -0.3 is 14.8 Å². The topological polar surface area (TPSA) is 47.6 Å². The summed E-state index contributed by atoms with van der Waals surface area (Å²) in [6, 6.07) is 5.96. The average molecular weight is 265 g/mol. The van der Waals surface area contributed by atoms with Gasteiger partial charge in [0, 0.05) is 6.04 Å². The molecule has 1 unspecified atom stereocenters. The number of carbonyl (C=O) groups excluding carboxylic acids is 1. The Hall–Kier alpha value is -1.55. The van der Waals surface area contributed by atoms with Crippen LogP contribution in [0.1, 0.15) is 36.9 Å². The number of hydrogen-bond donors (Lipinski definition) is 1. The van der Waals surface area contributed by atoms with Crippen LogP contribution < -0.4 is 10.1 Å². The lowest BCUT2D eigenvalue weighted by Crippen LogP contribution is -2.25. The van der Waals surface area contributed by atoms with Gasteiger partial charge in [0.25, 0.3) is 0 Å². The largest absolute Gasteiger partial charge is 0.496 e. The molecule has 0 saturated heterocycles. The van der Waals surface area contributed by atoms with Crippen LogP contribution in [-0.4, -0.2) is 26.7 Å². The van der Waals surface area contributed by atoms with E-state index >= 15 is 0 Å². The molecule has 1 N–H and O–H groups in total. The fraction of sp³-hybridized carbons (Fsp3) is 0.533. The molecule has 19 heavy (non-hydrogen) atoms. The molecule has 0 aliphatic carbocycles. The standard InChI is InChI=1S/C15H23NO3/c1-5-8-16-13(10-15(17)19-4)12-6-7-14(18-3)11(2)9-12/h6-7,9,13,16H,5,8,10H2,1-4H3. The Balaban J connectivity index is 2.89. The highest BCUT2D eigenvalue weighted by atomic mass is 16.5. The Morgan fingerprint density at radius 3 is 2.63 bits per heavy atom. The molecule has 0 amide bonds. The molecule has 106 valence electrons. The van der Waals surface area contributed by atoms with Gasteiger partial charge in [-0.1, -0.05) is 19.1 Å². The van der Waals surface area contributed by atoms with Crippen LogP contribution in [0, 0.1) is 6.92 Å². The minimum Gasteiger partial charge on any atom is -0.496 e. The van der Waals surface area contributed by atoms with Crippen molar-refractivity contribution in [3.8, 4) is 5.75 Å². The van der Waals surface area contributed by atoms with Crippen molar-refractivity contribution in [2.24, 2.45) is 0 Å². The van der Waals surface area contributed by atoms with Crippen molar-refractivity contribution in [3.63, 3.8) is 0 Å². The predicted molar refractivity (Wildman–Crippen MR) is 75.4 cm³/mol. The van der Waals surface area contributed by atoms with Gasteiger partial charge in [-0.15, -0.1) is 0 Å². The SMILES string of the molecule is CCCNC(CC(=O)OC)c1ccc(OC)c(C)c1. The van der Waals surface area contributed by atoms with Gasteiger partial charge in [-0.05, 0) is 37.1 Å². The first kappa shape index (κ1) is 15.5. The lowest BCUT2D eigenvalue weighted by atomic mass is 10.0. The van der Waals surface area contributed by atoms with Crippen LogP contribution in [0.5, 0.6) is 5.75 Å². The lowest BCUT2D eigenvalue weighted by Gasteiger charge is -2.19. The summed E-state index contributed by atoms with van der Waals surface area (Å²) in [4.78, 5) is 11.5. The van der Waals surface area contributed by atoms with E-state index in [1.165, 1.54) is 7.11 Å². The number of aryl methyl sites for hydroxylation is 1. The summed E-state index contributed by atoms with van der Waals surface area (Å²) in [6.07, 6.45) is 1.36. The van der Waals surface area contributed by atoms with Gasteiger partial charge in [-0.25, -0.2) is 0 Å². The maximum atomic E-state index is 11.5. The van der Waals surface area contributed by atoms with E-state index in [2.05, 4.69) is 18.3 Å². The molecule has 1 aromatic rings. The maximum absolute atomic E-state index is 11.5. The van der Waals surface area contributed by atoms with Crippen LogP contribution in [0.2, 0.25) is 0 Å². The maximum Gasteiger partial charge on any atom is 0.307 e. The van der Waals surface area contributed by atoms with Crippen LogP contribution in [0.4, 0.5) is 0 Å². The first-order valence-electron chi connectivity index (χ1n) is 6.57. The molecule has 0 radical (unpaired) electrons. The number of benzene rings is 1. The summed E-state index contributed by atoms with van der Waals surface area (Å²) < 4.78 is 10.0. The summed E-state index contributed by atoms with van der Waals surface area (Å²) in [7, 11) is 3.07. The van der Waals surface area contributed by atoms with Gasteiger partial charge in [0.1, 0.15) is 5.75 Å². The van der Waals surface area contributed by atoms with E-state index in [-0.39, 0.29) is 12.0 Å². The second-order valence-corrected chi connectivity index (χ2v) is 4.52. The highest BCUT2D eigenvalue weighted by Crippen LogP contribution is 2.24. The molecule has 1 aromatic carbocycles. The summed E-state index contributed by atoms with van der Waals surface area (Å²) in [5.41, 5.74) is 2.14. The van der Waals surface area contributed by atoms with Crippen molar-refractivity contribution in [2.75, 3.05) is 20.8 Å². The molecule has 0 spiro atoms. The predicted octanol–water partition coefficient (Wildman–Crippen LogP) is 2.61. The van der Waals surface area contributed by atoms with Crippen molar-refractivity contribution in [1.29, 1.82) is 0 Å². The first-order chi connectivity index (χ1) is 9.12. The highest BCUT2D eigenvalue weighted by molar-refractivity contribution is 5.70. The number of methoxy groups -OCH3 is 2. The monoisotopic (exact) mass is 265 g/mol. The van der Waals surface area contributed by atoms with Gasteiger partial charge in [0.15, 0.2) is 0 Å². The van der Waals surface area contributed by atoms with Crippen molar-refractivity contribution >= 4 is 5.97 Å². The molecule has 0 bridgehead atoms. The lowest BCUT2D eigenvalue weighted by molar-refractivity contribution is -0.141. The fourth-order valence-corrected chi connectivity index (χ4v) is 1.99. The Kier molecular flexibility index (Phi) is 6.36. The zero-order valence-corrected chi connectivity index (χ0v) is 12.2. The second-order valence-electron chi connectivity index (χ2n) is 4.52. The summed E-state index contributed by atoms with van der Waals surface area (Å²) in [5, 5.41) is 3.37. The average Bonchev–Trinajstić information content (AvgIpc) is 2.43. The first-order valence-corrected chi connectivity index (χ1v) is 6.57. The van der Waals surface area contributed by atoms with Crippen molar-refractivity contribution < 1.29 is 14.3 Å². The van der Waals surface area contributed by atoms with Crippen LogP contribution in [0.25, 0.3) is 0 Å². The van der Waals surface area contributed by atoms with Gasteiger partial charge >= 0.3 is 5.97 Å². The molecule has 4 nitrogen and oxygen atoms in total. The van der Waals surface area contributed by atoms with Gasteiger partial charge in [0.2, 0.25) is 0 Å². The van der Waals surface area contributed by atoms with Crippen LogP contribution in [-0.2, 0) is 9.53 Å². The quantitative estimate of drug-likeness (QED) is 0.770. The van der Waals surface area contributed by atoms with Gasteiger partial charge in [-0.2, -0.15) is 0 Å². The van der Waals surface area contributed by atoms with E-state index in [1.54, 1.807) is 7.11 Å². The van der Waals surface area contributed by atoms with Crippen molar-refractivity contribution in [2.45, 2.75) is 32.7 Å². The van der Waals surface area contributed by atoms with Gasteiger partial charge in [-0.3, -0.25) is 4.79 Å². The number of nitrogens with one attached hydrogen (secondary N) is 1. The van der Waals surface area contributed by atoms with E-state index < -0.39 is 0 Å². The van der Waals surface area contributed by atoms with E-state index in [0.29, 0.717) is 6.42 Å². The van der Waals surface area contributed by atoms with E-state index in [9.17, 15) is 4.79 Å². The van der Waals surface area contributed by atoms with Crippen molar-refractivity contribution in [1.82, 2.24) is 5.32 Å². The fourth-order valence-electron chi connectivity index (χ4n) is 1.99. The smallest absolute Gasteiger partial charge is 0.307 e. The Bertz CT molecular complexity index is 418. The van der Waals surface area contributed by atoms with E-state index in [0.717, 1.165) is 29.8 Å². The Labute approximate surface area is 115 Å². The number of esters is 1. The third-order valence-electron chi connectivity index (χ3n) is 3.06. The summed E-state index contributed by atoms with van der Waals surface area (Å²) in [6.45, 7) is 4.96. The molecule has 0 aliphatic rings. The summed E-state index contributed by atoms with van der Waals surface area (Å²) >= 11 is 0. The minimum absolute atomic E-state index is 0.0167. The van der Waals surface area contributed by atoms with Crippen molar-refractivity contribution in [3.05, 3.63) is 29.3 Å². The molecular formula is C15H23NO3. The van der Waals surface area contributed by atoms with E-state index in [1.807, 2.05) is 19.1 Å². The molecule has 1 atom stereocenters. The number of rotatable bonds is 7. The molecule has 4 heteroatoms. The van der Waals surface area contributed by atoms with Crippen LogP contribution >= 0.6 is 0 Å². The number of hydrogen-bond acceptors (Lipinski definition) is 4. The number of ether oxygens (including phenoxy) is 2. The zero-order valence-electron chi connectivity index (χ0n) is 12.2. The Morgan fingerprint density at radius 2 is 2.11 bits per heavy atom. The summed E-state index contributed by atoms with van der Waals surface area (Å²) in [5.74, 6) is 0.651. The van der Waals surface area contributed by atoms with Crippen LogP contribution in [0.15, 0.2) is 18.2 Å². The normalized spacial score (nSPS) is 12.0. The second kappa shape index (κ2) is 7.79. The number of carbonyl (C=O) groups is 1.